The van der Waals surface area contributed by atoms with Crippen LogP contribution < -0.4 is 5.32 Å². The van der Waals surface area contributed by atoms with Crippen molar-refractivity contribution in [2.45, 2.75) is 26.3 Å². The molecule has 0 heterocycles. The zero-order valence-corrected chi connectivity index (χ0v) is 10.4. The predicted molar refractivity (Wildman–Crippen MR) is 72.3 cm³/mol. The summed E-state index contributed by atoms with van der Waals surface area (Å²) in [6, 6.07) is 12.2. The quantitative estimate of drug-likeness (QED) is 0.839. The number of benzene rings is 2. The second-order valence-corrected chi connectivity index (χ2v) is 4.40. The molecule has 2 aromatic rings. The highest BCUT2D eigenvalue weighted by Gasteiger charge is 2.11. The second-order valence-electron chi connectivity index (χ2n) is 4.40. The van der Waals surface area contributed by atoms with Crippen molar-refractivity contribution in [2.75, 3.05) is 6.54 Å². The van der Waals surface area contributed by atoms with Crippen LogP contribution in [0.15, 0.2) is 36.4 Å². The number of hydrogen-bond donors (Lipinski definition) is 2. The summed E-state index contributed by atoms with van der Waals surface area (Å²) in [5.41, 5.74) is 0.970. The number of phenolic OH excluding ortho intramolecular Hbond substituents is 1. The highest BCUT2D eigenvalue weighted by molar-refractivity contribution is 5.89. The number of rotatable bonds is 4. The van der Waals surface area contributed by atoms with Gasteiger partial charge >= 0.3 is 0 Å². The van der Waals surface area contributed by atoms with Crippen molar-refractivity contribution in [3.8, 4) is 5.75 Å². The fourth-order valence-corrected chi connectivity index (χ4v) is 2.09. The number of phenols is 1. The summed E-state index contributed by atoms with van der Waals surface area (Å²) in [5.74, 6) is 0.402. The summed E-state index contributed by atoms with van der Waals surface area (Å²) in [5, 5.41) is 15.7. The number of fused-ring (bicyclic) bond motifs is 1. The topological polar surface area (TPSA) is 32.3 Å². The first kappa shape index (κ1) is 11.9. The van der Waals surface area contributed by atoms with Gasteiger partial charge in [-0.2, -0.15) is 0 Å². The molecule has 90 valence electrons. The van der Waals surface area contributed by atoms with E-state index in [9.17, 15) is 5.11 Å². The molecule has 0 aliphatic carbocycles. The molecule has 0 amide bonds. The maximum absolute atomic E-state index is 10.3. The highest BCUT2D eigenvalue weighted by atomic mass is 16.3. The Morgan fingerprint density at radius 1 is 1.18 bits per heavy atom. The standard InChI is InChI=1S/C15H19NO/c1-3-10-16-11(2)13-9-8-12-6-4-5-7-14(12)15(13)17/h4-9,11,16-17H,3,10H2,1-2H3. The molecule has 2 aromatic carbocycles. The van der Waals surface area contributed by atoms with Crippen molar-refractivity contribution >= 4 is 10.8 Å². The smallest absolute Gasteiger partial charge is 0.128 e. The van der Waals surface area contributed by atoms with E-state index in [-0.39, 0.29) is 6.04 Å². The average Bonchev–Trinajstić information content (AvgIpc) is 2.37. The van der Waals surface area contributed by atoms with E-state index in [0.29, 0.717) is 5.75 Å². The molecule has 0 aromatic heterocycles. The lowest BCUT2D eigenvalue weighted by Gasteiger charge is -2.16. The van der Waals surface area contributed by atoms with Crippen molar-refractivity contribution < 1.29 is 5.11 Å². The van der Waals surface area contributed by atoms with Crippen molar-refractivity contribution in [3.05, 3.63) is 42.0 Å². The Balaban J connectivity index is 2.38. The molecule has 0 aliphatic heterocycles. The molecular formula is C15H19NO. The molecule has 0 saturated heterocycles. The first-order chi connectivity index (χ1) is 8.24. The second kappa shape index (κ2) is 5.19. The van der Waals surface area contributed by atoms with E-state index < -0.39 is 0 Å². The minimum absolute atomic E-state index is 0.180. The van der Waals surface area contributed by atoms with Crippen LogP contribution >= 0.6 is 0 Å². The van der Waals surface area contributed by atoms with Crippen LogP contribution in [0.4, 0.5) is 0 Å². The van der Waals surface area contributed by atoms with E-state index in [1.807, 2.05) is 30.3 Å². The van der Waals surface area contributed by atoms with Gasteiger partial charge in [-0.05, 0) is 25.3 Å². The van der Waals surface area contributed by atoms with Crippen LogP contribution in [0.25, 0.3) is 10.8 Å². The van der Waals surface area contributed by atoms with Crippen LogP contribution in [-0.2, 0) is 0 Å². The van der Waals surface area contributed by atoms with Gasteiger partial charge in [-0.3, -0.25) is 0 Å². The zero-order chi connectivity index (χ0) is 12.3. The van der Waals surface area contributed by atoms with Crippen LogP contribution in [0.2, 0.25) is 0 Å². The van der Waals surface area contributed by atoms with Gasteiger partial charge in [-0.25, -0.2) is 0 Å². The van der Waals surface area contributed by atoms with Crippen LogP contribution in [0.3, 0.4) is 0 Å². The Morgan fingerprint density at radius 3 is 2.71 bits per heavy atom. The molecular weight excluding hydrogens is 210 g/mol. The third-order valence-corrected chi connectivity index (χ3v) is 3.10. The van der Waals surface area contributed by atoms with Gasteiger partial charge in [0.2, 0.25) is 0 Å². The molecule has 2 heteroatoms. The van der Waals surface area contributed by atoms with E-state index in [0.717, 1.165) is 29.3 Å². The van der Waals surface area contributed by atoms with Gasteiger partial charge < -0.3 is 10.4 Å². The van der Waals surface area contributed by atoms with Crippen LogP contribution in [0, 0.1) is 0 Å². The zero-order valence-electron chi connectivity index (χ0n) is 10.4. The van der Waals surface area contributed by atoms with E-state index in [1.54, 1.807) is 0 Å². The predicted octanol–water partition coefficient (Wildman–Crippen LogP) is 3.61. The van der Waals surface area contributed by atoms with Crippen molar-refractivity contribution in [1.29, 1.82) is 0 Å². The lowest BCUT2D eigenvalue weighted by molar-refractivity contribution is 0.458. The Labute approximate surface area is 102 Å². The van der Waals surface area contributed by atoms with Gasteiger partial charge in [0, 0.05) is 17.0 Å². The molecule has 1 unspecified atom stereocenters. The van der Waals surface area contributed by atoms with Gasteiger partial charge in [0.1, 0.15) is 5.75 Å². The Bertz CT molecular complexity index is 507. The summed E-state index contributed by atoms with van der Waals surface area (Å²) in [6.45, 7) is 5.19. The van der Waals surface area contributed by atoms with Gasteiger partial charge in [-0.15, -0.1) is 0 Å². The Morgan fingerprint density at radius 2 is 1.94 bits per heavy atom. The molecule has 1 atom stereocenters. The maximum atomic E-state index is 10.3. The molecule has 2 nitrogen and oxygen atoms in total. The maximum Gasteiger partial charge on any atom is 0.128 e. The molecule has 0 fully saturated rings. The Kier molecular flexibility index (Phi) is 3.64. The molecule has 0 bridgehead atoms. The lowest BCUT2D eigenvalue weighted by atomic mass is 10.0. The van der Waals surface area contributed by atoms with E-state index in [4.69, 9.17) is 0 Å². The number of nitrogens with one attached hydrogen (secondary N) is 1. The first-order valence-electron chi connectivity index (χ1n) is 6.18. The summed E-state index contributed by atoms with van der Waals surface area (Å²) in [4.78, 5) is 0. The highest BCUT2D eigenvalue weighted by Crippen LogP contribution is 2.32. The normalized spacial score (nSPS) is 12.8. The molecule has 2 N–H and O–H groups in total. The van der Waals surface area contributed by atoms with Gasteiger partial charge in [0.25, 0.3) is 0 Å². The summed E-state index contributed by atoms with van der Waals surface area (Å²) in [7, 11) is 0. The minimum atomic E-state index is 0.180. The van der Waals surface area contributed by atoms with Crippen LogP contribution in [-0.4, -0.2) is 11.7 Å². The van der Waals surface area contributed by atoms with Gasteiger partial charge in [-0.1, -0.05) is 43.3 Å². The third kappa shape index (κ3) is 2.42. The molecule has 0 aliphatic rings. The summed E-state index contributed by atoms with van der Waals surface area (Å²) < 4.78 is 0. The van der Waals surface area contributed by atoms with Gasteiger partial charge in [0.15, 0.2) is 0 Å². The Hall–Kier alpha value is -1.54. The fraction of sp³-hybridized carbons (Fsp3) is 0.333. The first-order valence-corrected chi connectivity index (χ1v) is 6.18. The fourth-order valence-electron chi connectivity index (χ4n) is 2.09. The molecule has 0 saturated carbocycles. The number of hydrogen-bond acceptors (Lipinski definition) is 2. The van der Waals surface area contributed by atoms with E-state index in [1.165, 1.54) is 0 Å². The molecule has 17 heavy (non-hydrogen) atoms. The largest absolute Gasteiger partial charge is 0.507 e. The minimum Gasteiger partial charge on any atom is -0.507 e. The molecule has 2 rings (SSSR count). The van der Waals surface area contributed by atoms with Crippen LogP contribution in [0.1, 0.15) is 31.9 Å². The summed E-state index contributed by atoms with van der Waals surface area (Å²) >= 11 is 0. The monoisotopic (exact) mass is 229 g/mol. The van der Waals surface area contributed by atoms with Gasteiger partial charge in [0.05, 0.1) is 0 Å². The van der Waals surface area contributed by atoms with Crippen LogP contribution in [0.5, 0.6) is 5.75 Å². The summed E-state index contributed by atoms with van der Waals surface area (Å²) in [6.07, 6.45) is 1.10. The average molecular weight is 229 g/mol. The van der Waals surface area contributed by atoms with E-state index in [2.05, 4.69) is 25.2 Å². The third-order valence-electron chi connectivity index (χ3n) is 3.10. The van der Waals surface area contributed by atoms with E-state index >= 15 is 0 Å². The van der Waals surface area contributed by atoms with Crippen molar-refractivity contribution in [2.24, 2.45) is 0 Å². The molecule has 0 spiro atoms. The SMILES string of the molecule is CCCNC(C)c1ccc2ccccc2c1O. The molecule has 0 radical (unpaired) electrons. The lowest BCUT2D eigenvalue weighted by Crippen LogP contribution is -2.19. The number of aromatic hydroxyl groups is 1. The van der Waals surface area contributed by atoms with Crippen molar-refractivity contribution in [1.82, 2.24) is 5.32 Å². The van der Waals surface area contributed by atoms with Crippen molar-refractivity contribution in [3.63, 3.8) is 0 Å².